The quantitative estimate of drug-likeness (QED) is 0.844. The summed E-state index contributed by atoms with van der Waals surface area (Å²) in [5, 5.41) is -0.160. The van der Waals surface area contributed by atoms with E-state index in [0.717, 1.165) is 25.7 Å². The Labute approximate surface area is 106 Å². The fourth-order valence-corrected chi connectivity index (χ4v) is 3.98. The highest BCUT2D eigenvalue weighted by Gasteiger charge is 2.34. The van der Waals surface area contributed by atoms with Crippen molar-refractivity contribution < 1.29 is 8.42 Å². The van der Waals surface area contributed by atoms with Gasteiger partial charge in [0.2, 0.25) is 0 Å². The maximum atomic E-state index is 11.6. The molecule has 4 atom stereocenters. The van der Waals surface area contributed by atoms with Gasteiger partial charge in [-0.15, -0.1) is 0 Å². The standard InChI is InChI=1S/C13H27NO2S/c1-9(2)10(3)13(14)11-6-5-7-12(8-11)17(4,15)16/h9-13H,5-8,14H2,1-4H3. The molecule has 2 N–H and O–H groups in total. The van der Waals surface area contributed by atoms with E-state index in [2.05, 4.69) is 20.8 Å². The van der Waals surface area contributed by atoms with Crippen LogP contribution in [0.5, 0.6) is 0 Å². The average molecular weight is 261 g/mol. The molecule has 0 aromatic heterocycles. The maximum absolute atomic E-state index is 11.6. The lowest BCUT2D eigenvalue weighted by Crippen LogP contribution is -2.42. The van der Waals surface area contributed by atoms with Crippen LogP contribution in [0.15, 0.2) is 0 Å². The predicted molar refractivity (Wildman–Crippen MR) is 72.6 cm³/mol. The lowest BCUT2D eigenvalue weighted by atomic mass is 9.76. The minimum atomic E-state index is -2.89. The molecule has 0 radical (unpaired) electrons. The third-order valence-electron chi connectivity index (χ3n) is 4.48. The van der Waals surface area contributed by atoms with Crippen LogP contribution >= 0.6 is 0 Å². The molecule has 0 aliphatic heterocycles. The SMILES string of the molecule is CC(C)C(C)C(N)C1CCCC(S(C)(=O)=O)C1. The van der Waals surface area contributed by atoms with Crippen LogP contribution in [-0.2, 0) is 9.84 Å². The van der Waals surface area contributed by atoms with Crippen molar-refractivity contribution in [2.45, 2.75) is 57.7 Å². The van der Waals surface area contributed by atoms with Crippen molar-refractivity contribution in [3.8, 4) is 0 Å². The summed E-state index contributed by atoms with van der Waals surface area (Å²) in [6.45, 7) is 6.54. The van der Waals surface area contributed by atoms with Crippen LogP contribution in [0.25, 0.3) is 0 Å². The number of hydrogen-bond donors (Lipinski definition) is 1. The topological polar surface area (TPSA) is 60.2 Å². The summed E-state index contributed by atoms with van der Waals surface area (Å²) in [6.07, 6.45) is 5.03. The molecule has 4 heteroatoms. The molecule has 0 bridgehead atoms. The van der Waals surface area contributed by atoms with Crippen LogP contribution in [0.4, 0.5) is 0 Å². The molecule has 1 fully saturated rings. The molecule has 0 aromatic carbocycles. The molecular formula is C13H27NO2S. The van der Waals surface area contributed by atoms with E-state index in [1.54, 1.807) is 0 Å². The van der Waals surface area contributed by atoms with Crippen LogP contribution in [0.2, 0.25) is 0 Å². The smallest absolute Gasteiger partial charge is 0.150 e. The zero-order chi connectivity index (χ0) is 13.2. The van der Waals surface area contributed by atoms with E-state index >= 15 is 0 Å². The first-order valence-corrected chi connectivity index (χ1v) is 8.63. The van der Waals surface area contributed by atoms with Crippen LogP contribution in [0.1, 0.15) is 46.5 Å². The van der Waals surface area contributed by atoms with Crippen molar-refractivity contribution in [1.29, 1.82) is 0 Å². The van der Waals surface area contributed by atoms with E-state index in [1.807, 2.05) is 0 Å². The summed E-state index contributed by atoms with van der Waals surface area (Å²) in [5.74, 6) is 1.39. The van der Waals surface area contributed by atoms with E-state index in [4.69, 9.17) is 5.73 Å². The minimum Gasteiger partial charge on any atom is -0.327 e. The number of rotatable bonds is 4. The summed E-state index contributed by atoms with van der Waals surface area (Å²) in [7, 11) is -2.89. The number of hydrogen-bond acceptors (Lipinski definition) is 3. The molecule has 1 aliphatic carbocycles. The first kappa shape index (κ1) is 15.0. The Morgan fingerprint density at radius 3 is 2.24 bits per heavy atom. The Kier molecular flexibility index (Phi) is 5.02. The Balaban J connectivity index is 2.67. The van der Waals surface area contributed by atoms with Gasteiger partial charge in [-0.05, 0) is 37.0 Å². The first-order chi connectivity index (χ1) is 7.73. The maximum Gasteiger partial charge on any atom is 0.150 e. The van der Waals surface area contributed by atoms with Gasteiger partial charge in [-0.1, -0.05) is 27.2 Å². The molecule has 1 aliphatic rings. The van der Waals surface area contributed by atoms with Crippen molar-refractivity contribution in [1.82, 2.24) is 0 Å². The minimum absolute atomic E-state index is 0.138. The molecule has 102 valence electrons. The van der Waals surface area contributed by atoms with Crippen LogP contribution in [0.3, 0.4) is 0 Å². The van der Waals surface area contributed by atoms with Gasteiger partial charge in [0, 0.05) is 12.3 Å². The number of sulfone groups is 1. The van der Waals surface area contributed by atoms with E-state index in [9.17, 15) is 8.42 Å². The lowest BCUT2D eigenvalue weighted by Gasteiger charge is -2.36. The molecule has 0 spiro atoms. The van der Waals surface area contributed by atoms with Crippen LogP contribution in [-0.4, -0.2) is 26.0 Å². The van der Waals surface area contributed by atoms with Gasteiger partial charge in [-0.25, -0.2) is 8.42 Å². The van der Waals surface area contributed by atoms with Crippen molar-refractivity contribution in [3.63, 3.8) is 0 Å². The highest BCUT2D eigenvalue weighted by molar-refractivity contribution is 7.91. The second kappa shape index (κ2) is 5.70. The zero-order valence-electron chi connectivity index (χ0n) is 11.5. The Hall–Kier alpha value is -0.0900. The summed E-state index contributed by atoms with van der Waals surface area (Å²) in [4.78, 5) is 0. The Bertz CT molecular complexity index is 337. The molecule has 3 nitrogen and oxygen atoms in total. The Morgan fingerprint density at radius 1 is 1.18 bits per heavy atom. The number of nitrogens with two attached hydrogens (primary N) is 1. The molecule has 1 rings (SSSR count). The fourth-order valence-electron chi connectivity index (χ4n) is 2.79. The van der Waals surface area contributed by atoms with Crippen molar-refractivity contribution in [2.75, 3.05) is 6.26 Å². The van der Waals surface area contributed by atoms with Crippen molar-refractivity contribution in [3.05, 3.63) is 0 Å². The average Bonchev–Trinajstić information content (AvgIpc) is 2.26. The fraction of sp³-hybridized carbons (Fsp3) is 1.00. The monoisotopic (exact) mass is 261 g/mol. The van der Waals surface area contributed by atoms with Gasteiger partial charge in [0.25, 0.3) is 0 Å². The lowest BCUT2D eigenvalue weighted by molar-refractivity contribution is 0.220. The van der Waals surface area contributed by atoms with Gasteiger partial charge in [0.15, 0.2) is 0 Å². The van der Waals surface area contributed by atoms with Gasteiger partial charge in [0.1, 0.15) is 9.84 Å². The zero-order valence-corrected chi connectivity index (χ0v) is 12.3. The normalized spacial score (nSPS) is 30.2. The summed E-state index contributed by atoms with van der Waals surface area (Å²) < 4.78 is 23.2. The molecule has 0 aromatic rings. The van der Waals surface area contributed by atoms with Gasteiger partial charge < -0.3 is 5.73 Å². The molecule has 17 heavy (non-hydrogen) atoms. The van der Waals surface area contributed by atoms with E-state index in [-0.39, 0.29) is 11.3 Å². The molecule has 0 heterocycles. The largest absolute Gasteiger partial charge is 0.327 e. The van der Waals surface area contributed by atoms with E-state index in [1.165, 1.54) is 6.26 Å². The summed E-state index contributed by atoms with van der Waals surface area (Å²) >= 11 is 0. The van der Waals surface area contributed by atoms with Gasteiger partial charge in [-0.3, -0.25) is 0 Å². The van der Waals surface area contributed by atoms with Crippen molar-refractivity contribution >= 4 is 9.84 Å². The Morgan fingerprint density at radius 2 is 1.76 bits per heavy atom. The molecular weight excluding hydrogens is 234 g/mol. The van der Waals surface area contributed by atoms with Crippen molar-refractivity contribution in [2.24, 2.45) is 23.5 Å². The highest BCUT2D eigenvalue weighted by atomic mass is 32.2. The molecule has 0 amide bonds. The molecule has 4 unspecified atom stereocenters. The summed E-state index contributed by atoms with van der Waals surface area (Å²) in [5.41, 5.74) is 6.30. The summed E-state index contributed by atoms with van der Waals surface area (Å²) in [6, 6.07) is 0.138. The van der Waals surface area contributed by atoms with Gasteiger partial charge >= 0.3 is 0 Å². The molecule has 0 saturated heterocycles. The third kappa shape index (κ3) is 3.95. The second-order valence-corrected chi connectivity index (χ2v) is 8.38. The molecule has 1 saturated carbocycles. The van der Waals surface area contributed by atoms with E-state index < -0.39 is 9.84 Å². The van der Waals surface area contributed by atoms with E-state index in [0.29, 0.717) is 17.8 Å². The first-order valence-electron chi connectivity index (χ1n) is 6.68. The predicted octanol–water partition coefficient (Wildman–Crippen LogP) is 2.21. The van der Waals surface area contributed by atoms with Crippen LogP contribution < -0.4 is 5.73 Å². The van der Waals surface area contributed by atoms with Crippen LogP contribution in [0, 0.1) is 17.8 Å². The van der Waals surface area contributed by atoms with Gasteiger partial charge in [0.05, 0.1) is 5.25 Å². The van der Waals surface area contributed by atoms with Gasteiger partial charge in [-0.2, -0.15) is 0 Å². The highest BCUT2D eigenvalue weighted by Crippen LogP contribution is 2.33. The second-order valence-electron chi connectivity index (χ2n) is 6.06. The third-order valence-corrected chi connectivity index (χ3v) is 6.11.